The normalized spacial score (nSPS) is 18.2. The fraction of sp³-hybridized carbons (Fsp3) is 0.385. The highest BCUT2D eigenvalue weighted by Gasteiger charge is 2.32. The molecule has 1 aliphatic heterocycles. The number of anilines is 1. The molecule has 0 radical (unpaired) electrons. The molecule has 9 nitrogen and oxygen atoms in total. The van der Waals surface area contributed by atoms with Gasteiger partial charge in [-0.1, -0.05) is 6.07 Å². The molecule has 1 aliphatic carbocycles. The first-order valence-electron chi connectivity index (χ1n) is 12.2. The van der Waals surface area contributed by atoms with Crippen LogP contribution in [0.5, 0.6) is 0 Å². The zero-order chi connectivity index (χ0) is 23.9. The Morgan fingerprint density at radius 2 is 2.00 bits per heavy atom. The number of hydrogen-bond acceptors (Lipinski definition) is 7. The second-order valence-corrected chi connectivity index (χ2v) is 10.4. The molecule has 0 amide bonds. The van der Waals surface area contributed by atoms with Crippen LogP contribution in [-0.2, 0) is 0 Å². The Hall–Kier alpha value is -3.72. The van der Waals surface area contributed by atoms with Crippen molar-refractivity contribution in [1.82, 2.24) is 24.7 Å². The fourth-order valence-electron chi connectivity index (χ4n) is 5.37. The average Bonchev–Trinajstić information content (AvgIpc) is 3.38. The van der Waals surface area contributed by atoms with Gasteiger partial charge in [-0.3, -0.25) is 9.89 Å². The van der Waals surface area contributed by atoms with Crippen molar-refractivity contribution in [3.8, 4) is 11.1 Å². The van der Waals surface area contributed by atoms with Crippen molar-refractivity contribution in [3.63, 3.8) is 0 Å². The van der Waals surface area contributed by atoms with Crippen molar-refractivity contribution in [3.05, 3.63) is 46.5 Å². The highest BCUT2D eigenvalue weighted by molar-refractivity contribution is 6.04. The number of benzene rings is 1. The lowest BCUT2D eigenvalue weighted by molar-refractivity contribution is 0.353. The predicted octanol–water partition coefficient (Wildman–Crippen LogP) is 4.04. The summed E-state index contributed by atoms with van der Waals surface area (Å²) in [5.74, 6) is 0. The van der Waals surface area contributed by atoms with Gasteiger partial charge in [-0.2, -0.15) is 10.1 Å². The van der Waals surface area contributed by atoms with E-state index >= 15 is 0 Å². The maximum Gasteiger partial charge on any atom is 0.298 e. The molecule has 0 spiro atoms. The van der Waals surface area contributed by atoms with Crippen molar-refractivity contribution in [2.75, 3.05) is 18.0 Å². The van der Waals surface area contributed by atoms with E-state index in [2.05, 4.69) is 52.1 Å². The van der Waals surface area contributed by atoms with Crippen LogP contribution in [0.25, 0.3) is 44.2 Å². The molecule has 1 aromatic carbocycles. The van der Waals surface area contributed by atoms with Crippen LogP contribution in [0.1, 0.15) is 44.2 Å². The Bertz CT molecular complexity index is 1680. The molecule has 2 fully saturated rings. The summed E-state index contributed by atoms with van der Waals surface area (Å²) >= 11 is 0. The summed E-state index contributed by atoms with van der Waals surface area (Å²) in [7, 11) is 0. The van der Waals surface area contributed by atoms with E-state index in [0.29, 0.717) is 17.1 Å². The summed E-state index contributed by atoms with van der Waals surface area (Å²) < 4.78 is 8.25. The second kappa shape index (κ2) is 7.14. The van der Waals surface area contributed by atoms with Crippen LogP contribution in [0.4, 0.5) is 6.01 Å². The zero-order valence-electron chi connectivity index (χ0n) is 19.8. The molecule has 4 aromatic heterocycles. The van der Waals surface area contributed by atoms with E-state index < -0.39 is 0 Å². The van der Waals surface area contributed by atoms with Crippen LogP contribution in [0.3, 0.4) is 0 Å². The Morgan fingerprint density at radius 1 is 1.20 bits per heavy atom. The van der Waals surface area contributed by atoms with Gasteiger partial charge in [0.25, 0.3) is 11.6 Å². The highest BCUT2D eigenvalue weighted by Crippen LogP contribution is 2.41. The van der Waals surface area contributed by atoms with Crippen molar-refractivity contribution < 1.29 is 4.42 Å². The molecule has 0 bridgehead atoms. The van der Waals surface area contributed by atoms with E-state index in [1.54, 1.807) is 6.20 Å². The first-order chi connectivity index (χ1) is 16.9. The quantitative estimate of drug-likeness (QED) is 0.409. The predicted molar refractivity (Wildman–Crippen MR) is 136 cm³/mol. The summed E-state index contributed by atoms with van der Waals surface area (Å²) in [6, 6.07) is 6.93. The van der Waals surface area contributed by atoms with Crippen molar-refractivity contribution >= 4 is 39.1 Å². The first-order valence-corrected chi connectivity index (χ1v) is 12.2. The Balaban J connectivity index is 1.44. The van der Waals surface area contributed by atoms with Crippen LogP contribution in [0, 0.1) is 6.92 Å². The summed E-state index contributed by atoms with van der Waals surface area (Å²) in [5.41, 5.74) is 11.8. The van der Waals surface area contributed by atoms with Gasteiger partial charge < -0.3 is 19.6 Å². The van der Waals surface area contributed by atoms with Crippen LogP contribution in [-0.4, -0.2) is 43.4 Å². The van der Waals surface area contributed by atoms with Crippen LogP contribution >= 0.6 is 0 Å². The number of pyridine rings is 2. The molecule has 5 heterocycles. The molecule has 1 saturated carbocycles. The number of aryl methyl sites for hydroxylation is 1. The third kappa shape index (κ3) is 3.18. The van der Waals surface area contributed by atoms with Crippen molar-refractivity contribution in [1.29, 1.82) is 0 Å². The zero-order valence-corrected chi connectivity index (χ0v) is 19.8. The molecule has 7 rings (SSSR count). The monoisotopic (exact) mass is 469 g/mol. The van der Waals surface area contributed by atoms with Gasteiger partial charge >= 0.3 is 0 Å². The number of oxazole rings is 1. The summed E-state index contributed by atoms with van der Waals surface area (Å²) in [6.45, 7) is 5.69. The topological polar surface area (TPSA) is 119 Å². The van der Waals surface area contributed by atoms with Gasteiger partial charge in [0.05, 0.1) is 11.7 Å². The highest BCUT2D eigenvalue weighted by atomic mass is 16.4. The van der Waals surface area contributed by atoms with E-state index in [1.165, 1.54) is 0 Å². The Labute approximate surface area is 200 Å². The lowest BCUT2D eigenvalue weighted by atomic mass is 9.91. The maximum atomic E-state index is 13.7. The molecule has 178 valence electrons. The minimum atomic E-state index is -0.171. The van der Waals surface area contributed by atoms with E-state index in [1.807, 2.05) is 10.8 Å². The molecule has 35 heavy (non-hydrogen) atoms. The van der Waals surface area contributed by atoms with Crippen LogP contribution in [0.15, 0.2) is 39.8 Å². The third-order valence-electron chi connectivity index (χ3n) is 7.64. The first kappa shape index (κ1) is 20.6. The molecular formula is C26H27N7O2. The molecule has 5 aromatic rings. The molecule has 9 heteroatoms. The van der Waals surface area contributed by atoms with Gasteiger partial charge in [0.2, 0.25) is 0 Å². The number of fused-ring (bicyclic) bond motifs is 4. The van der Waals surface area contributed by atoms with Crippen LogP contribution in [0.2, 0.25) is 0 Å². The number of nitrogens with two attached hydrogens (primary N) is 1. The number of H-pyrrole nitrogens is 1. The molecule has 0 atom stereocenters. The van der Waals surface area contributed by atoms with Crippen LogP contribution < -0.4 is 16.2 Å². The molecule has 3 N–H and O–H groups in total. The number of aromatic amines is 1. The summed E-state index contributed by atoms with van der Waals surface area (Å²) in [4.78, 5) is 25.1. The lowest BCUT2D eigenvalue weighted by Crippen LogP contribution is -2.48. The minimum Gasteiger partial charge on any atom is -0.422 e. The Morgan fingerprint density at radius 3 is 2.77 bits per heavy atom. The number of rotatable bonds is 3. The van der Waals surface area contributed by atoms with Crippen molar-refractivity contribution in [2.45, 2.75) is 51.1 Å². The number of piperidine rings is 1. The Kier molecular flexibility index (Phi) is 4.21. The number of nitrogens with zero attached hydrogens (tertiary/aromatic N) is 5. The molecule has 1 saturated heterocycles. The number of hydrogen-bond donors (Lipinski definition) is 2. The standard InChI is InChI=1S/C26H27N7O2/c1-14-18(15-11-16-13-29-31-23(16)28-12-15)5-6-19-21(14)33(17-3-4-17)24(34)20-22(19)35-25(30-20)32-9-7-26(2,27)8-10-32/h5-6,11-13,17H,3-4,7-10,27H2,1-2H3,(H,28,29,31). The molecule has 2 aliphatic rings. The summed E-state index contributed by atoms with van der Waals surface area (Å²) in [6.07, 6.45) is 7.33. The third-order valence-corrected chi connectivity index (χ3v) is 7.64. The van der Waals surface area contributed by atoms with Gasteiger partial charge in [0.15, 0.2) is 16.7 Å². The summed E-state index contributed by atoms with van der Waals surface area (Å²) in [5, 5.41) is 8.86. The van der Waals surface area contributed by atoms with Gasteiger partial charge in [-0.05, 0) is 62.8 Å². The number of aromatic nitrogens is 5. The molecular weight excluding hydrogens is 442 g/mol. The average molecular weight is 470 g/mol. The second-order valence-electron chi connectivity index (χ2n) is 10.4. The van der Waals surface area contributed by atoms with E-state index in [4.69, 9.17) is 15.1 Å². The van der Waals surface area contributed by atoms with E-state index in [-0.39, 0.29) is 17.1 Å². The van der Waals surface area contributed by atoms with Crippen molar-refractivity contribution in [2.24, 2.45) is 5.73 Å². The molecule has 0 unspecified atom stereocenters. The minimum absolute atomic E-state index is 0.0747. The van der Waals surface area contributed by atoms with Gasteiger partial charge in [-0.15, -0.1) is 0 Å². The van der Waals surface area contributed by atoms with Gasteiger partial charge in [-0.25, -0.2) is 4.98 Å². The maximum absolute atomic E-state index is 13.7. The van der Waals surface area contributed by atoms with E-state index in [0.717, 1.165) is 77.4 Å². The van der Waals surface area contributed by atoms with E-state index in [9.17, 15) is 4.79 Å². The van der Waals surface area contributed by atoms with Gasteiger partial charge in [0, 0.05) is 47.2 Å². The number of nitrogens with one attached hydrogen (secondary N) is 1. The SMILES string of the molecule is Cc1c(-c2cnc3[nH]ncc3c2)ccc2c3oc(N4CCC(C)(N)CC4)nc3c(=O)n(C3CC3)c12. The fourth-order valence-corrected chi connectivity index (χ4v) is 5.37. The van der Waals surface area contributed by atoms with Gasteiger partial charge in [0.1, 0.15) is 0 Å². The lowest BCUT2D eigenvalue weighted by Gasteiger charge is -2.35. The smallest absolute Gasteiger partial charge is 0.298 e. The largest absolute Gasteiger partial charge is 0.422 e.